The van der Waals surface area contributed by atoms with Gasteiger partial charge in [0.05, 0.1) is 23.9 Å². The van der Waals surface area contributed by atoms with Gasteiger partial charge < -0.3 is 15.1 Å². The highest BCUT2D eigenvalue weighted by atomic mass is 16.3. The van der Waals surface area contributed by atoms with Crippen LogP contribution in [0, 0.1) is 0 Å². The average Bonchev–Trinajstić information content (AvgIpc) is 2.81. The van der Waals surface area contributed by atoms with E-state index in [0.717, 1.165) is 23.5 Å². The van der Waals surface area contributed by atoms with Crippen molar-refractivity contribution in [2.24, 2.45) is 5.73 Å². The standard InChI is InChI=1S/C12H15N3O/c1-15(8-10-4-6-16-9-10)12-3-2-5-14-11(12)7-13/h2-6,9H,7-8,13H2,1H3. The highest BCUT2D eigenvalue weighted by molar-refractivity contribution is 5.49. The largest absolute Gasteiger partial charge is 0.472 e. The Kier molecular flexibility index (Phi) is 3.22. The molecule has 0 bridgehead atoms. The van der Waals surface area contributed by atoms with E-state index < -0.39 is 0 Å². The predicted octanol–water partition coefficient (Wildman–Crippen LogP) is 1.77. The normalized spacial score (nSPS) is 10.4. The van der Waals surface area contributed by atoms with Crippen molar-refractivity contribution in [1.82, 2.24) is 4.98 Å². The van der Waals surface area contributed by atoms with Crippen LogP contribution < -0.4 is 10.6 Å². The Morgan fingerprint density at radius 3 is 3.00 bits per heavy atom. The van der Waals surface area contributed by atoms with Crippen LogP contribution in [0.15, 0.2) is 41.3 Å². The SMILES string of the molecule is CN(Cc1ccoc1)c1cccnc1CN. The van der Waals surface area contributed by atoms with Gasteiger partial charge in [-0.2, -0.15) is 0 Å². The summed E-state index contributed by atoms with van der Waals surface area (Å²) < 4.78 is 5.04. The van der Waals surface area contributed by atoms with Gasteiger partial charge in [0, 0.05) is 31.9 Å². The lowest BCUT2D eigenvalue weighted by Crippen LogP contribution is -2.19. The summed E-state index contributed by atoms with van der Waals surface area (Å²) in [5.41, 5.74) is 8.76. The predicted molar refractivity (Wildman–Crippen MR) is 62.9 cm³/mol. The Balaban J connectivity index is 2.17. The summed E-state index contributed by atoms with van der Waals surface area (Å²) >= 11 is 0. The smallest absolute Gasteiger partial charge is 0.0952 e. The van der Waals surface area contributed by atoms with E-state index in [1.165, 1.54) is 0 Å². The van der Waals surface area contributed by atoms with Crippen molar-refractivity contribution in [2.45, 2.75) is 13.1 Å². The molecule has 2 aromatic rings. The molecule has 0 saturated heterocycles. The van der Waals surface area contributed by atoms with Gasteiger partial charge in [0.1, 0.15) is 0 Å². The summed E-state index contributed by atoms with van der Waals surface area (Å²) in [7, 11) is 2.02. The quantitative estimate of drug-likeness (QED) is 0.848. The van der Waals surface area contributed by atoms with Crippen LogP contribution >= 0.6 is 0 Å². The molecular weight excluding hydrogens is 202 g/mol. The van der Waals surface area contributed by atoms with Crippen molar-refractivity contribution < 1.29 is 4.42 Å². The number of nitrogens with two attached hydrogens (primary N) is 1. The van der Waals surface area contributed by atoms with Gasteiger partial charge in [-0.3, -0.25) is 4.98 Å². The van der Waals surface area contributed by atoms with E-state index in [9.17, 15) is 0 Å². The average molecular weight is 217 g/mol. The van der Waals surface area contributed by atoms with E-state index in [2.05, 4.69) is 9.88 Å². The first-order valence-electron chi connectivity index (χ1n) is 5.17. The number of anilines is 1. The van der Waals surface area contributed by atoms with Crippen LogP contribution in [0.5, 0.6) is 0 Å². The molecule has 0 aromatic carbocycles. The van der Waals surface area contributed by atoms with Gasteiger partial charge in [-0.1, -0.05) is 0 Å². The van der Waals surface area contributed by atoms with Crippen LogP contribution in [0.25, 0.3) is 0 Å². The van der Waals surface area contributed by atoms with Crippen LogP contribution in [0.4, 0.5) is 5.69 Å². The molecule has 4 nitrogen and oxygen atoms in total. The first-order chi connectivity index (χ1) is 7.81. The van der Waals surface area contributed by atoms with Crippen molar-refractivity contribution in [3.05, 3.63) is 48.2 Å². The van der Waals surface area contributed by atoms with E-state index >= 15 is 0 Å². The van der Waals surface area contributed by atoms with E-state index in [1.807, 2.05) is 25.2 Å². The summed E-state index contributed by atoms with van der Waals surface area (Å²) in [6.45, 7) is 1.24. The van der Waals surface area contributed by atoms with Gasteiger partial charge >= 0.3 is 0 Å². The fraction of sp³-hybridized carbons (Fsp3) is 0.250. The Bertz CT molecular complexity index is 439. The van der Waals surface area contributed by atoms with Gasteiger partial charge in [-0.05, 0) is 18.2 Å². The van der Waals surface area contributed by atoms with Crippen LogP contribution in [0.1, 0.15) is 11.3 Å². The number of aromatic nitrogens is 1. The second kappa shape index (κ2) is 4.81. The maximum Gasteiger partial charge on any atom is 0.0952 e. The van der Waals surface area contributed by atoms with Crippen molar-refractivity contribution in [3.8, 4) is 0 Å². The topological polar surface area (TPSA) is 55.3 Å². The van der Waals surface area contributed by atoms with Gasteiger partial charge in [-0.25, -0.2) is 0 Å². The van der Waals surface area contributed by atoms with E-state index in [4.69, 9.17) is 10.2 Å². The first kappa shape index (κ1) is 10.7. The molecule has 0 aliphatic heterocycles. The summed E-state index contributed by atoms with van der Waals surface area (Å²) in [5, 5.41) is 0. The molecule has 2 rings (SSSR count). The molecule has 0 spiro atoms. The van der Waals surface area contributed by atoms with Crippen LogP contribution in [0.3, 0.4) is 0 Å². The zero-order valence-electron chi connectivity index (χ0n) is 9.26. The minimum Gasteiger partial charge on any atom is -0.472 e. The minimum atomic E-state index is 0.450. The zero-order valence-corrected chi connectivity index (χ0v) is 9.26. The van der Waals surface area contributed by atoms with E-state index in [-0.39, 0.29) is 0 Å². The molecule has 0 aliphatic carbocycles. The second-order valence-corrected chi connectivity index (χ2v) is 3.66. The molecule has 84 valence electrons. The summed E-state index contributed by atoms with van der Waals surface area (Å²) in [6.07, 6.45) is 5.18. The molecule has 0 unspecified atom stereocenters. The van der Waals surface area contributed by atoms with E-state index in [0.29, 0.717) is 6.54 Å². The Morgan fingerprint density at radius 1 is 1.44 bits per heavy atom. The lowest BCUT2D eigenvalue weighted by molar-refractivity contribution is 0.563. The third kappa shape index (κ3) is 2.23. The van der Waals surface area contributed by atoms with Crippen molar-refractivity contribution >= 4 is 5.69 Å². The van der Waals surface area contributed by atoms with Gasteiger partial charge in [0.25, 0.3) is 0 Å². The van der Waals surface area contributed by atoms with Gasteiger partial charge in [0.2, 0.25) is 0 Å². The highest BCUT2D eigenvalue weighted by Gasteiger charge is 2.07. The Labute approximate surface area is 94.7 Å². The number of furan rings is 1. The van der Waals surface area contributed by atoms with Gasteiger partial charge in [-0.15, -0.1) is 0 Å². The van der Waals surface area contributed by atoms with E-state index in [1.54, 1.807) is 18.7 Å². The summed E-state index contributed by atoms with van der Waals surface area (Å²) in [4.78, 5) is 6.37. The van der Waals surface area contributed by atoms with Crippen LogP contribution in [0.2, 0.25) is 0 Å². The molecule has 2 N–H and O–H groups in total. The molecule has 0 radical (unpaired) electrons. The molecule has 16 heavy (non-hydrogen) atoms. The molecule has 0 fully saturated rings. The Hall–Kier alpha value is -1.81. The van der Waals surface area contributed by atoms with Gasteiger partial charge in [0.15, 0.2) is 0 Å². The molecule has 2 aromatic heterocycles. The summed E-state index contributed by atoms with van der Waals surface area (Å²) in [6, 6.07) is 5.89. The number of rotatable bonds is 4. The number of pyridine rings is 1. The van der Waals surface area contributed by atoms with Crippen molar-refractivity contribution in [1.29, 1.82) is 0 Å². The molecule has 0 atom stereocenters. The number of hydrogen-bond donors (Lipinski definition) is 1. The van der Waals surface area contributed by atoms with Crippen LogP contribution in [-0.2, 0) is 13.1 Å². The monoisotopic (exact) mass is 217 g/mol. The first-order valence-corrected chi connectivity index (χ1v) is 5.17. The third-order valence-corrected chi connectivity index (χ3v) is 2.47. The minimum absolute atomic E-state index is 0.450. The zero-order chi connectivity index (χ0) is 11.4. The molecular formula is C12H15N3O. The number of nitrogens with zero attached hydrogens (tertiary/aromatic N) is 2. The molecule has 2 heterocycles. The van der Waals surface area contributed by atoms with Crippen LogP contribution in [-0.4, -0.2) is 12.0 Å². The highest BCUT2D eigenvalue weighted by Crippen LogP contribution is 2.18. The molecule has 0 amide bonds. The fourth-order valence-corrected chi connectivity index (χ4v) is 1.68. The molecule has 0 aliphatic rings. The maximum atomic E-state index is 5.65. The summed E-state index contributed by atoms with van der Waals surface area (Å²) in [5.74, 6) is 0. The number of hydrogen-bond acceptors (Lipinski definition) is 4. The lowest BCUT2D eigenvalue weighted by atomic mass is 10.2. The van der Waals surface area contributed by atoms with Crippen molar-refractivity contribution in [3.63, 3.8) is 0 Å². The second-order valence-electron chi connectivity index (χ2n) is 3.66. The molecule has 0 saturated carbocycles. The third-order valence-electron chi connectivity index (χ3n) is 2.47. The van der Waals surface area contributed by atoms with Crippen molar-refractivity contribution in [2.75, 3.05) is 11.9 Å². The lowest BCUT2D eigenvalue weighted by Gasteiger charge is -2.20. The Morgan fingerprint density at radius 2 is 2.31 bits per heavy atom. The molecule has 4 heteroatoms. The maximum absolute atomic E-state index is 5.65. The fourth-order valence-electron chi connectivity index (χ4n) is 1.68.